The topological polar surface area (TPSA) is 37.6 Å². The first-order chi connectivity index (χ1) is 14.0. The molecule has 150 valence electrons. The number of hydrogen-bond acceptors (Lipinski definition) is 3. The van der Waals surface area contributed by atoms with Crippen molar-refractivity contribution in [3.8, 4) is 0 Å². The molecule has 0 bridgehead atoms. The molecule has 3 heterocycles. The summed E-state index contributed by atoms with van der Waals surface area (Å²) in [6.45, 7) is 6.98. The van der Waals surface area contributed by atoms with E-state index in [0.717, 1.165) is 54.4 Å². The molecule has 3 aromatic rings. The van der Waals surface area contributed by atoms with E-state index >= 15 is 0 Å². The Morgan fingerprint density at radius 2 is 1.93 bits per heavy atom. The molecule has 1 aliphatic carbocycles. The van der Waals surface area contributed by atoms with Gasteiger partial charge in [0.1, 0.15) is 11.5 Å². The van der Waals surface area contributed by atoms with E-state index in [4.69, 9.17) is 4.98 Å². The van der Waals surface area contributed by atoms with Gasteiger partial charge in [-0.3, -0.25) is 9.20 Å². The highest BCUT2D eigenvalue weighted by Gasteiger charge is 2.47. The Kier molecular flexibility index (Phi) is 4.50. The van der Waals surface area contributed by atoms with Gasteiger partial charge in [-0.1, -0.05) is 18.2 Å². The summed E-state index contributed by atoms with van der Waals surface area (Å²) in [6, 6.07) is 10.9. The third kappa shape index (κ3) is 3.18. The first-order valence-corrected chi connectivity index (χ1v) is 10.5. The molecule has 2 aromatic heterocycles. The molecule has 29 heavy (non-hydrogen) atoms. The third-order valence-corrected chi connectivity index (χ3v) is 6.97. The summed E-state index contributed by atoms with van der Waals surface area (Å²) >= 11 is 0. The third-order valence-electron chi connectivity index (χ3n) is 6.97. The van der Waals surface area contributed by atoms with Crippen LogP contribution in [0.3, 0.4) is 0 Å². The molecular formula is C24H26FN3O. The van der Waals surface area contributed by atoms with Gasteiger partial charge in [0.2, 0.25) is 0 Å². The molecule has 0 amide bonds. The largest absolute Gasteiger partial charge is 0.302 e. The summed E-state index contributed by atoms with van der Waals surface area (Å²) in [6.07, 6.45) is 3.73. The van der Waals surface area contributed by atoms with Crippen molar-refractivity contribution in [2.75, 3.05) is 19.6 Å². The van der Waals surface area contributed by atoms with Gasteiger partial charge in [-0.15, -0.1) is 0 Å². The van der Waals surface area contributed by atoms with Crippen molar-refractivity contribution >= 4 is 5.65 Å². The van der Waals surface area contributed by atoms with Crippen LogP contribution in [0.4, 0.5) is 4.39 Å². The van der Waals surface area contributed by atoms with E-state index in [9.17, 15) is 9.18 Å². The van der Waals surface area contributed by atoms with Gasteiger partial charge in [0.15, 0.2) is 0 Å². The summed E-state index contributed by atoms with van der Waals surface area (Å²) in [5, 5.41) is 0. The van der Waals surface area contributed by atoms with Crippen LogP contribution in [0.1, 0.15) is 34.7 Å². The number of likely N-dealkylation sites (tertiary alicyclic amines) is 1. The lowest BCUT2D eigenvalue weighted by Gasteiger charge is -2.40. The number of pyridine rings is 1. The highest BCUT2D eigenvalue weighted by atomic mass is 19.1. The number of aryl methyl sites for hydroxylation is 2. The van der Waals surface area contributed by atoms with Crippen LogP contribution in [0.5, 0.6) is 0 Å². The first-order valence-electron chi connectivity index (χ1n) is 10.5. The van der Waals surface area contributed by atoms with Crippen LogP contribution in [0.25, 0.3) is 5.65 Å². The molecule has 1 saturated carbocycles. The fourth-order valence-electron chi connectivity index (χ4n) is 5.27. The van der Waals surface area contributed by atoms with Gasteiger partial charge in [-0.25, -0.2) is 9.37 Å². The Balaban J connectivity index is 1.28. The van der Waals surface area contributed by atoms with Crippen LogP contribution in [-0.4, -0.2) is 33.9 Å². The molecule has 1 saturated heterocycles. The van der Waals surface area contributed by atoms with Crippen molar-refractivity contribution in [1.29, 1.82) is 0 Å². The van der Waals surface area contributed by atoms with E-state index in [1.165, 1.54) is 12.0 Å². The maximum absolute atomic E-state index is 13.2. The average Bonchev–Trinajstić information content (AvgIpc) is 3.00. The van der Waals surface area contributed by atoms with E-state index in [2.05, 4.69) is 4.90 Å². The summed E-state index contributed by atoms with van der Waals surface area (Å²) in [4.78, 5) is 20.2. The second kappa shape index (κ2) is 7.06. The van der Waals surface area contributed by atoms with Crippen LogP contribution in [0.15, 0.2) is 47.4 Å². The summed E-state index contributed by atoms with van der Waals surface area (Å²) in [5.74, 6) is 1.76. The Hall–Kier alpha value is -2.53. The Morgan fingerprint density at radius 1 is 1.14 bits per heavy atom. The minimum atomic E-state index is -0.168. The Bertz CT molecular complexity index is 1120. The van der Waals surface area contributed by atoms with Gasteiger partial charge >= 0.3 is 0 Å². The van der Waals surface area contributed by atoms with Gasteiger partial charge in [0.25, 0.3) is 5.56 Å². The molecule has 5 rings (SSSR count). The Morgan fingerprint density at radius 3 is 2.72 bits per heavy atom. The lowest BCUT2D eigenvalue weighted by atomic mass is 9.64. The van der Waals surface area contributed by atoms with Gasteiger partial charge in [0, 0.05) is 37.1 Å². The molecule has 0 radical (unpaired) electrons. The zero-order valence-corrected chi connectivity index (χ0v) is 16.9. The van der Waals surface area contributed by atoms with Crippen molar-refractivity contribution in [1.82, 2.24) is 14.3 Å². The maximum atomic E-state index is 13.2. The summed E-state index contributed by atoms with van der Waals surface area (Å²) < 4.78 is 14.9. The van der Waals surface area contributed by atoms with Gasteiger partial charge in [-0.05, 0) is 73.8 Å². The van der Waals surface area contributed by atoms with Crippen LogP contribution in [-0.2, 0) is 6.42 Å². The maximum Gasteiger partial charge on any atom is 0.261 e. The Labute approximate surface area is 170 Å². The van der Waals surface area contributed by atoms with Gasteiger partial charge < -0.3 is 4.90 Å². The molecule has 0 spiro atoms. The second-order valence-electron chi connectivity index (χ2n) is 8.69. The highest BCUT2D eigenvalue weighted by molar-refractivity contribution is 5.48. The highest BCUT2D eigenvalue weighted by Crippen LogP contribution is 2.51. The van der Waals surface area contributed by atoms with Crippen molar-refractivity contribution in [2.45, 2.75) is 32.6 Å². The van der Waals surface area contributed by atoms with E-state index in [1.807, 2.05) is 44.3 Å². The number of rotatable bonds is 4. The fraction of sp³-hybridized carbons (Fsp3) is 0.417. The lowest BCUT2D eigenvalue weighted by molar-refractivity contribution is 0.191. The van der Waals surface area contributed by atoms with Crippen LogP contribution < -0.4 is 5.56 Å². The number of halogens is 1. The molecule has 0 N–H and O–H groups in total. The molecule has 3 unspecified atom stereocenters. The fourth-order valence-corrected chi connectivity index (χ4v) is 5.27. The van der Waals surface area contributed by atoms with Crippen molar-refractivity contribution in [3.05, 3.63) is 81.2 Å². The predicted octanol–water partition coefficient (Wildman–Crippen LogP) is 3.73. The first kappa shape index (κ1) is 18.5. The molecule has 2 fully saturated rings. The summed E-state index contributed by atoms with van der Waals surface area (Å²) in [5.41, 5.74) is 4.75. The minimum absolute atomic E-state index is 0.0579. The van der Waals surface area contributed by atoms with Crippen LogP contribution in [0.2, 0.25) is 0 Å². The zero-order chi connectivity index (χ0) is 20.1. The van der Waals surface area contributed by atoms with Crippen molar-refractivity contribution in [2.24, 2.45) is 11.8 Å². The van der Waals surface area contributed by atoms with Crippen LogP contribution >= 0.6 is 0 Å². The average molecular weight is 391 g/mol. The molecule has 1 aromatic carbocycles. The molecule has 2 aliphatic rings. The van der Waals surface area contributed by atoms with E-state index in [0.29, 0.717) is 11.8 Å². The number of fused-ring (bicyclic) bond motifs is 2. The van der Waals surface area contributed by atoms with Crippen molar-refractivity contribution in [3.63, 3.8) is 0 Å². The molecular weight excluding hydrogens is 365 g/mol. The lowest BCUT2D eigenvalue weighted by Crippen LogP contribution is -2.33. The van der Waals surface area contributed by atoms with Crippen LogP contribution in [0, 0.1) is 31.5 Å². The van der Waals surface area contributed by atoms with Gasteiger partial charge in [0.05, 0.1) is 0 Å². The van der Waals surface area contributed by atoms with E-state index < -0.39 is 0 Å². The smallest absolute Gasteiger partial charge is 0.261 e. The quantitative estimate of drug-likeness (QED) is 0.680. The standard InChI is InChI=1S/C24H26FN3O/c1-15-4-3-10-28-23(15)26-16(2)20(24(28)29)9-11-27-13-18-12-21(22(18)14-27)17-5-7-19(25)8-6-17/h3-8,10,18,21-22H,9,11-14H2,1-2H3. The molecule has 5 heteroatoms. The number of aromatic nitrogens is 2. The SMILES string of the molecule is Cc1nc2c(C)cccn2c(=O)c1CCN1CC2CC(c3ccc(F)cc3)C2C1. The second-order valence-corrected chi connectivity index (χ2v) is 8.69. The zero-order valence-electron chi connectivity index (χ0n) is 16.9. The number of hydrogen-bond donors (Lipinski definition) is 0. The molecule has 4 nitrogen and oxygen atoms in total. The monoisotopic (exact) mass is 391 g/mol. The molecule has 1 aliphatic heterocycles. The predicted molar refractivity (Wildman–Crippen MR) is 112 cm³/mol. The van der Waals surface area contributed by atoms with Gasteiger partial charge in [-0.2, -0.15) is 0 Å². The van der Waals surface area contributed by atoms with E-state index in [-0.39, 0.29) is 11.4 Å². The summed E-state index contributed by atoms with van der Waals surface area (Å²) in [7, 11) is 0. The normalized spacial score (nSPS) is 23.9. The van der Waals surface area contributed by atoms with E-state index in [1.54, 1.807) is 16.5 Å². The minimum Gasteiger partial charge on any atom is -0.302 e. The number of benzene rings is 1. The number of nitrogens with zero attached hydrogens (tertiary/aromatic N) is 3. The molecule has 3 atom stereocenters. The van der Waals surface area contributed by atoms with Crippen molar-refractivity contribution < 1.29 is 4.39 Å².